The summed E-state index contributed by atoms with van der Waals surface area (Å²) in [5.74, 6) is -3.34. The van der Waals surface area contributed by atoms with Crippen LogP contribution in [0.2, 0.25) is 0 Å². The third kappa shape index (κ3) is 13.9. The van der Waals surface area contributed by atoms with Gasteiger partial charge in [-0.05, 0) is 11.8 Å². The van der Waals surface area contributed by atoms with E-state index in [1.165, 1.54) is 0 Å². The molecule has 0 aliphatic rings. The minimum Gasteiger partial charge on any atom is -0.346 e. The minimum absolute atomic E-state index is 0. The summed E-state index contributed by atoms with van der Waals surface area (Å²) in [7, 11) is -8.00. The van der Waals surface area contributed by atoms with Crippen molar-refractivity contribution in [2.24, 2.45) is 11.8 Å². The fourth-order valence-corrected chi connectivity index (χ4v) is 3.96. The summed E-state index contributed by atoms with van der Waals surface area (Å²) < 4.78 is 54.1. The molecule has 1 radical (unpaired) electrons. The molecule has 23 heavy (non-hydrogen) atoms. The van der Waals surface area contributed by atoms with E-state index in [2.05, 4.69) is 8.37 Å². The van der Waals surface area contributed by atoms with Crippen LogP contribution in [-0.4, -0.2) is 69.8 Å². The molecule has 0 unspecified atom stereocenters. The molecule has 0 bridgehead atoms. The number of hydrogen-bond acceptors (Lipinski definition) is 8. The second-order valence-electron chi connectivity index (χ2n) is 5.65. The van der Waals surface area contributed by atoms with E-state index in [0.717, 1.165) is 0 Å². The number of hydrogen-bond donors (Lipinski definition) is 0. The molecule has 0 amide bonds. The van der Waals surface area contributed by atoms with Crippen molar-refractivity contribution in [1.82, 2.24) is 0 Å². The molecule has 0 fully saturated rings. The molecule has 131 valence electrons. The van der Waals surface area contributed by atoms with Crippen molar-refractivity contribution in [3.63, 3.8) is 0 Å². The topological polar surface area (TPSA) is 121 Å². The van der Waals surface area contributed by atoms with Crippen molar-refractivity contribution in [1.29, 1.82) is 0 Å². The van der Waals surface area contributed by atoms with Gasteiger partial charge < -0.3 is 8.37 Å². The zero-order chi connectivity index (χ0) is 17.6. The Bertz CT molecular complexity index is 539. The third-order valence-corrected chi connectivity index (χ3v) is 5.08. The SMILES string of the molecule is CC(C)CS(=O)(=O)OC(=O)CCC(=O)OS(=O)(=O)CC(C)C.[Na]. The molecular formula is C12H22NaO8S2. The van der Waals surface area contributed by atoms with E-state index in [4.69, 9.17) is 0 Å². The van der Waals surface area contributed by atoms with Crippen LogP contribution in [-0.2, 0) is 38.2 Å². The van der Waals surface area contributed by atoms with Gasteiger partial charge in [0, 0.05) is 29.6 Å². The van der Waals surface area contributed by atoms with Gasteiger partial charge in [-0.1, -0.05) is 27.7 Å². The van der Waals surface area contributed by atoms with E-state index in [1.807, 2.05) is 0 Å². The van der Waals surface area contributed by atoms with Crippen LogP contribution in [0.15, 0.2) is 0 Å². The monoisotopic (exact) mass is 381 g/mol. The van der Waals surface area contributed by atoms with Crippen molar-refractivity contribution in [2.45, 2.75) is 40.5 Å². The predicted molar refractivity (Wildman–Crippen MR) is 84.4 cm³/mol. The Labute approximate surface area is 159 Å². The molecule has 0 rings (SSSR count). The van der Waals surface area contributed by atoms with Gasteiger partial charge >= 0.3 is 32.2 Å². The van der Waals surface area contributed by atoms with E-state index in [0.29, 0.717) is 0 Å². The maximum absolute atomic E-state index is 11.4. The van der Waals surface area contributed by atoms with Crippen LogP contribution in [0.5, 0.6) is 0 Å². The Hall–Kier alpha value is -0.160. The van der Waals surface area contributed by atoms with E-state index < -0.39 is 45.0 Å². The second kappa shape index (κ2) is 10.7. The molecule has 0 aliphatic heterocycles. The molecular weight excluding hydrogens is 359 g/mol. The fraction of sp³-hybridized carbons (Fsp3) is 0.833. The maximum atomic E-state index is 11.4. The molecule has 0 aliphatic carbocycles. The molecule has 0 saturated heterocycles. The first-order valence-electron chi connectivity index (χ1n) is 6.73. The van der Waals surface area contributed by atoms with Gasteiger partial charge in [-0.15, -0.1) is 0 Å². The predicted octanol–water partition coefficient (Wildman–Crippen LogP) is 0.444. The Morgan fingerprint density at radius 1 is 0.739 bits per heavy atom. The van der Waals surface area contributed by atoms with Crippen molar-refractivity contribution in [3.05, 3.63) is 0 Å². The van der Waals surface area contributed by atoms with Crippen molar-refractivity contribution >= 4 is 61.7 Å². The van der Waals surface area contributed by atoms with Gasteiger partial charge in [0.15, 0.2) is 0 Å². The van der Waals surface area contributed by atoms with Gasteiger partial charge in [0.2, 0.25) is 0 Å². The number of carbonyl (C=O) groups excluding carboxylic acids is 2. The van der Waals surface area contributed by atoms with Crippen LogP contribution >= 0.6 is 0 Å². The van der Waals surface area contributed by atoms with Crippen molar-refractivity contribution < 1.29 is 34.8 Å². The largest absolute Gasteiger partial charge is 0.346 e. The number of rotatable bonds is 9. The average Bonchev–Trinajstić information content (AvgIpc) is 2.20. The minimum atomic E-state index is -4.00. The first kappa shape index (κ1) is 25.1. The summed E-state index contributed by atoms with van der Waals surface area (Å²) in [4.78, 5) is 22.7. The molecule has 0 heterocycles. The zero-order valence-electron chi connectivity index (χ0n) is 14.1. The van der Waals surface area contributed by atoms with Crippen LogP contribution in [0.4, 0.5) is 0 Å². The van der Waals surface area contributed by atoms with E-state index >= 15 is 0 Å². The van der Waals surface area contributed by atoms with E-state index in [1.54, 1.807) is 27.7 Å². The standard InChI is InChI=1S/C12H22O8S2.Na/c1-9(2)7-21(15,16)19-11(13)5-6-12(14)20-22(17,18)8-10(3)4;/h9-10H,5-8H2,1-4H3;. The van der Waals surface area contributed by atoms with Crippen LogP contribution < -0.4 is 0 Å². The van der Waals surface area contributed by atoms with Crippen LogP contribution in [0.3, 0.4) is 0 Å². The Kier molecular flexibility index (Phi) is 11.6. The Balaban J connectivity index is 0. The van der Waals surface area contributed by atoms with Gasteiger partial charge in [-0.2, -0.15) is 16.8 Å². The summed E-state index contributed by atoms with van der Waals surface area (Å²) in [6.45, 7) is 6.56. The van der Waals surface area contributed by atoms with Crippen LogP contribution in [0.25, 0.3) is 0 Å². The van der Waals surface area contributed by atoms with Gasteiger partial charge in [-0.25, -0.2) is 0 Å². The molecule has 0 aromatic rings. The van der Waals surface area contributed by atoms with Crippen molar-refractivity contribution in [3.8, 4) is 0 Å². The van der Waals surface area contributed by atoms with Crippen LogP contribution in [0.1, 0.15) is 40.5 Å². The summed E-state index contributed by atoms with van der Waals surface area (Å²) in [5.41, 5.74) is 0. The summed E-state index contributed by atoms with van der Waals surface area (Å²) in [6.07, 6.45) is -1.15. The fourth-order valence-electron chi connectivity index (χ4n) is 1.46. The van der Waals surface area contributed by atoms with Gasteiger partial charge in [0.05, 0.1) is 24.3 Å². The third-order valence-electron chi connectivity index (χ3n) is 2.05. The van der Waals surface area contributed by atoms with E-state index in [-0.39, 0.29) is 52.9 Å². The molecule has 0 aromatic carbocycles. The summed E-state index contributed by atoms with van der Waals surface area (Å²) in [5, 5.41) is 0. The molecule has 0 atom stereocenters. The Morgan fingerprint density at radius 3 is 1.22 bits per heavy atom. The smallest absolute Gasteiger partial charge is 0.322 e. The van der Waals surface area contributed by atoms with Crippen molar-refractivity contribution in [2.75, 3.05) is 11.5 Å². The number of carbonyl (C=O) groups is 2. The second-order valence-corrected chi connectivity index (χ2v) is 8.88. The average molecular weight is 381 g/mol. The summed E-state index contributed by atoms with van der Waals surface area (Å²) in [6, 6.07) is 0. The summed E-state index contributed by atoms with van der Waals surface area (Å²) >= 11 is 0. The molecule has 0 N–H and O–H groups in total. The van der Waals surface area contributed by atoms with Crippen LogP contribution in [0, 0.1) is 11.8 Å². The molecule has 8 nitrogen and oxygen atoms in total. The Morgan fingerprint density at radius 2 is 1.00 bits per heavy atom. The molecule has 0 spiro atoms. The van der Waals surface area contributed by atoms with Gasteiger partial charge in [0.1, 0.15) is 0 Å². The maximum Gasteiger partial charge on any atom is 0.322 e. The first-order chi connectivity index (χ1) is 9.83. The molecule has 0 saturated carbocycles. The molecule has 0 aromatic heterocycles. The van der Waals surface area contributed by atoms with Gasteiger partial charge in [-0.3, -0.25) is 9.59 Å². The normalized spacial score (nSPS) is 11.9. The van der Waals surface area contributed by atoms with Gasteiger partial charge in [0.25, 0.3) is 0 Å². The zero-order valence-corrected chi connectivity index (χ0v) is 17.7. The quantitative estimate of drug-likeness (QED) is 0.417. The van der Waals surface area contributed by atoms with E-state index in [9.17, 15) is 26.4 Å². The molecule has 11 heteroatoms. The first-order valence-corrected chi connectivity index (χ1v) is 9.88.